The molecule has 1 aliphatic carbocycles. The number of rotatable bonds is 5. The van der Waals surface area contributed by atoms with Crippen molar-refractivity contribution in [1.29, 1.82) is 0 Å². The van der Waals surface area contributed by atoms with E-state index in [1.807, 2.05) is 0 Å². The molecular weight excluding hydrogens is 226 g/mol. The van der Waals surface area contributed by atoms with Gasteiger partial charge < -0.3 is 24.6 Å². The number of Topliss-reactive ketones (excluding diaryl/α,β-unsaturated/α-hetero) is 1. The number of ether oxygens (including phenoxy) is 3. The quantitative estimate of drug-likeness (QED) is 0.657. The van der Waals surface area contributed by atoms with E-state index in [-0.39, 0.29) is 17.9 Å². The fourth-order valence-corrected chi connectivity index (χ4v) is 2.12. The van der Waals surface area contributed by atoms with Crippen LogP contribution >= 0.6 is 0 Å². The highest BCUT2D eigenvalue weighted by molar-refractivity contribution is 6.07. The zero-order chi connectivity index (χ0) is 12.4. The number of methoxy groups -OCH3 is 2. The van der Waals surface area contributed by atoms with E-state index in [1.165, 1.54) is 7.11 Å². The molecule has 0 radical (unpaired) electrons. The van der Waals surface area contributed by atoms with Crippen LogP contribution < -0.4 is 5.32 Å². The van der Waals surface area contributed by atoms with Crippen molar-refractivity contribution in [1.82, 2.24) is 5.32 Å². The van der Waals surface area contributed by atoms with Crippen LogP contribution in [0.3, 0.4) is 0 Å². The molecule has 0 amide bonds. The highest BCUT2D eigenvalue weighted by atomic mass is 16.5. The summed E-state index contributed by atoms with van der Waals surface area (Å²) in [6.07, 6.45) is -0.389. The largest absolute Gasteiger partial charge is 0.496 e. The first kappa shape index (κ1) is 12.3. The van der Waals surface area contributed by atoms with Crippen molar-refractivity contribution in [3.63, 3.8) is 0 Å². The molecule has 0 spiro atoms. The van der Waals surface area contributed by atoms with Crippen LogP contribution in [0.4, 0.5) is 0 Å². The average molecular weight is 243 g/mol. The SMILES string of the molecule is COCC1OCCC1NC1=C(OC)C(O)C1=O. The summed E-state index contributed by atoms with van der Waals surface area (Å²) in [4.78, 5) is 11.5. The van der Waals surface area contributed by atoms with E-state index in [2.05, 4.69) is 5.32 Å². The number of ketones is 1. The maximum absolute atomic E-state index is 11.5. The van der Waals surface area contributed by atoms with Gasteiger partial charge in [0.2, 0.25) is 5.78 Å². The maximum Gasteiger partial charge on any atom is 0.218 e. The Labute approximate surface area is 99.5 Å². The predicted molar refractivity (Wildman–Crippen MR) is 58.2 cm³/mol. The van der Waals surface area contributed by atoms with Crippen molar-refractivity contribution in [2.45, 2.75) is 24.7 Å². The second-order valence-electron chi connectivity index (χ2n) is 4.11. The lowest BCUT2D eigenvalue weighted by atomic mass is 9.95. The second kappa shape index (κ2) is 5.03. The first-order valence-electron chi connectivity index (χ1n) is 5.56. The lowest BCUT2D eigenvalue weighted by Gasteiger charge is -2.30. The second-order valence-corrected chi connectivity index (χ2v) is 4.11. The molecule has 0 saturated carbocycles. The number of aliphatic hydroxyl groups excluding tert-OH is 1. The molecule has 1 saturated heterocycles. The van der Waals surface area contributed by atoms with Gasteiger partial charge in [0, 0.05) is 13.7 Å². The van der Waals surface area contributed by atoms with Crippen LogP contribution in [0.25, 0.3) is 0 Å². The molecule has 0 aromatic rings. The molecule has 2 N–H and O–H groups in total. The summed E-state index contributed by atoms with van der Waals surface area (Å²) in [5.74, 6) is -0.0250. The van der Waals surface area contributed by atoms with Crippen LogP contribution in [0, 0.1) is 0 Å². The summed E-state index contributed by atoms with van der Waals surface area (Å²) >= 11 is 0. The Balaban J connectivity index is 2.01. The van der Waals surface area contributed by atoms with E-state index in [9.17, 15) is 9.90 Å². The van der Waals surface area contributed by atoms with Gasteiger partial charge in [0.1, 0.15) is 11.8 Å². The minimum atomic E-state index is -1.12. The third kappa shape index (κ3) is 2.15. The predicted octanol–water partition coefficient (Wildman–Crippen LogP) is -0.818. The van der Waals surface area contributed by atoms with Crippen molar-refractivity contribution in [2.75, 3.05) is 27.4 Å². The van der Waals surface area contributed by atoms with E-state index < -0.39 is 6.10 Å². The summed E-state index contributed by atoms with van der Waals surface area (Å²) < 4.78 is 15.5. The molecule has 96 valence electrons. The molecule has 3 atom stereocenters. The van der Waals surface area contributed by atoms with Crippen molar-refractivity contribution in [3.05, 3.63) is 11.5 Å². The Hall–Kier alpha value is -1.11. The van der Waals surface area contributed by atoms with Gasteiger partial charge in [-0.15, -0.1) is 0 Å². The van der Waals surface area contributed by atoms with E-state index in [1.54, 1.807) is 7.11 Å². The van der Waals surface area contributed by atoms with Crippen LogP contribution in [0.15, 0.2) is 11.5 Å². The van der Waals surface area contributed by atoms with Gasteiger partial charge in [-0.05, 0) is 6.42 Å². The van der Waals surface area contributed by atoms with Crippen LogP contribution in [0.2, 0.25) is 0 Å². The molecule has 2 aliphatic rings. The highest BCUT2D eigenvalue weighted by Gasteiger charge is 2.42. The monoisotopic (exact) mass is 243 g/mol. The summed E-state index contributed by atoms with van der Waals surface area (Å²) in [6.45, 7) is 1.11. The molecule has 17 heavy (non-hydrogen) atoms. The number of hydrogen-bond donors (Lipinski definition) is 2. The molecule has 0 aromatic heterocycles. The van der Waals surface area contributed by atoms with Gasteiger partial charge in [-0.1, -0.05) is 0 Å². The summed E-state index contributed by atoms with van der Waals surface area (Å²) in [5.41, 5.74) is 0.358. The van der Waals surface area contributed by atoms with Gasteiger partial charge >= 0.3 is 0 Å². The van der Waals surface area contributed by atoms with Crippen molar-refractivity contribution in [3.8, 4) is 0 Å². The van der Waals surface area contributed by atoms with Crippen LogP contribution in [0.1, 0.15) is 6.42 Å². The Bertz CT molecular complexity index is 341. The van der Waals surface area contributed by atoms with E-state index in [4.69, 9.17) is 14.2 Å². The topological polar surface area (TPSA) is 77.0 Å². The standard InChI is InChI=1S/C11H17NO5/c1-15-5-7-6(3-4-17-7)12-8-9(13)10(14)11(8)16-2/h6-7,10,12,14H,3-5H2,1-2H3. The molecule has 1 heterocycles. The minimum Gasteiger partial charge on any atom is -0.496 e. The molecule has 1 aliphatic heterocycles. The lowest BCUT2D eigenvalue weighted by Crippen LogP contribution is -2.49. The summed E-state index contributed by atoms with van der Waals surface area (Å²) in [5, 5.41) is 12.4. The van der Waals surface area contributed by atoms with E-state index in [0.29, 0.717) is 24.7 Å². The number of nitrogens with one attached hydrogen (secondary N) is 1. The van der Waals surface area contributed by atoms with Gasteiger partial charge in [-0.25, -0.2) is 0 Å². The van der Waals surface area contributed by atoms with Crippen molar-refractivity contribution >= 4 is 5.78 Å². The van der Waals surface area contributed by atoms with Crippen molar-refractivity contribution in [2.24, 2.45) is 0 Å². The normalized spacial score (nSPS) is 32.6. The molecule has 3 unspecified atom stereocenters. The number of aliphatic hydroxyl groups is 1. The minimum absolute atomic E-state index is 0.0200. The molecule has 6 nitrogen and oxygen atoms in total. The third-order valence-electron chi connectivity index (χ3n) is 3.08. The third-order valence-corrected chi connectivity index (χ3v) is 3.08. The molecule has 6 heteroatoms. The van der Waals surface area contributed by atoms with E-state index in [0.717, 1.165) is 6.42 Å². The number of carbonyl (C=O) groups is 1. The Kier molecular flexibility index (Phi) is 3.66. The van der Waals surface area contributed by atoms with Gasteiger partial charge in [-0.3, -0.25) is 4.79 Å². The van der Waals surface area contributed by atoms with Gasteiger partial charge in [0.25, 0.3) is 0 Å². The molecule has 1 fully saturated rings. The summed E-state index contributed by atoms with van der Waals surface area (Å²) in [6, 6.07) is 0.0200. The molecule has 2 rings (SSSR count). The lowest BCUT2D eigenvalue weighted by molar-refractivity contribution is -0.128. The fourth-order valence-electron chi connectivity index (χ4n) is 2.12. The molecule has 0 aromatic carbocycles. The highest BCUT2D eigenvalue weighted by Crippen LogP contribution is 2.25. The van der Waals surface area contributed by atoms with Crippen LogP contribution in [0.5, 0.6) is 0 Å². The van der Waals surface area contributed by atoms with Gasteiger partial charge in [-0.2, -0.15) is 0 Å². The van der Waals surface area contributed by atoms with Gasteiger partial charge in [0.15, 0.2) is 11.9 Å². The average Bonchev–Trinajstić information content (AvgIpc) is 2.76. The Morgan fingerprint density at radius 2 is 2.29 bits per heavy atom. The fraction of sp³-hybridized carbons (Fsp3) is 0.727. The summed E-state index contributed by atoms with van der Waals surface area (Å²) in [7, 11) is 3.04. The molecule has 0 bridgehead atoms. The van der Waals surface area contributed by atoms with Crippen molar-refractivity contribution < 1.29 is 24.1 Å². The van der Waals surface area contributed by atoms with Crippen LogP contribution in [-0.4, -0.2) is 56.6 Å². The first-order valence-corrected chi connectivity index (χ1v) is 5.56. The molecular formula is C11H17NO5. The smallest absolute Gasteiger partial charge is 0.218 e. The zero-order valence-corrected chi connectivity index (χ0v) is 9.93. The van der Waals surface area contributed by atoms with E-state index >= 15 is 0 Å². The Morgan fingerprint density at radius 1 is 1.53 bits per heavy atom. The zero-order valence-electron chi connectivity index (χ0n) is 9.93. The Morgan fingerprint density at radius 3 is 2.94 bits per heavy atom. The number of hydrogen-bond acceptors (Lipinski definition) is 6. The maximum atomic E-state index is 11.5. The van der Waals surface area contributed by atoms with Gasteiger partial charge in [0.05, 0.1) is 19.8 Å². The first-order chi connectivity index (χ1) is 8.19. The van der Waals surface area contributed by atoms with Crippen LogP contribution in [-0.2, 0) is 19.0 Å². The number of carbonyl (C=O) groups excluding carboxylic acids is 1.